The molecule has 0 aliphatic carbocycles. The zero-order valence-corrected chi connectivity index (χ0v) is 12.9. The second-order valence-corrected chi connectivity index (χ2v) is 6.59. The summed E-state index contributed by atoms with van der Waals surface area (Å²) < 4.78 is 27.0. The van der Waals surface area contributed by atoms with Crippen LogP contribution in [0.2, 0.25) is 0 Å². The van der Waals surface area contributed by atoms with Crippen LogP contribution in [0.1, 0.15) is 16.8 Å². The molecule has 0 atom stereocenters. The summed E-state index contributed by atoms with van der Waals surface area (Å²) in [5.41, 5.74) is 1.72. The number of rotatable bonds is 5. The van der Waals surface area contributed by atoms with Gasteiger partial charge in [-0.2, -0.15) is 0 Å². The van der Waals surface area contributed by atoms with Gasteiger partial charge in [0.15, 0.2) is 0 Å². The highest BCUT2D eigenvalue weighted by atomic mass is 32.2. The second-order valence-electron chi connectivity index (χ2n) is 4.86. The van der Waals surface area contributed by atoms with Crippen LogP contribution in [-0.2, 0) is 16.6 Å². The third kappa shape index (κ3) is 3.66. The molecule has 7 nitrogen and oxygen atoms in total. The van der Waals surface area contributed by atoms with Crippen LogP contribution in [0.5, 0.6) is 0 Å². The number of sulfonamides is 1. The number of non-ortho nitro benzene ring substituents is 1. The first-order valence-corrected chi connectivity index (χ1v) is 7.94. The number of hydrogen-bond acceptors (Lipinski definition) is 5. The van der Waals surface area contributed by atoms with Gasteiger partial charge in [-0.1, -0.05) is 12.1 Å². The lowest BCUT2D eigenvalue weighted by Gasteiger charge is -2.09. The highest BCUT2D eigenvalue weighted by Crippen LogP contribution is 2.21. The molecule has 0 saturated carbocycles. The van der Waals surface area contributed by atoms with Gasteiger partial charge in [0, 0.05) is 18.3 Å². The van der Waals surface area contributed by atoms with Crippen molar-refractivity contribution in [3.05, 3.63) is 63.5 Å². The molecule has 0 bridgehead atoms. The number of pyridine rings is 1. The van der Waals surface area contributed by atoms with E-state index in [0.29, 0.717) is 11.3 Å². The number of nitro benzene ring substituents is 1. The Kier molecular flexibility index (Phi) is 4.53. The summed E-state index contributed by atoms with van der Waals surface area (Å²) in [4.78, 5) is 14.2. The maximum absolute atomic E-state index is 12.3. The van der Waals surface area contributed by atoms with Crippen LogP contribution < -0.4 is 4.72 Å². The first-order chi connectivity index (χ1) is 10.3. The highest BCUT2D eigenvalue weighted by Gasteiger charge is 2.20. The SMILES string of the molecule is Cc1ccc(CNS(=O)(=O)c2cc([N+](=O)[O-])ccc2C)nc1. The van der Waals surface area contributed by atoms with E-state index < -0.39 is 14.9 Å². The molecule has 0 unspecified atom stereocenters. The standard InChI is InChI=1S/C14H15N3O4S/c1-10-3-5-12(15-8-10)9-16-22(20,21)14-7-13(17(18)19)6-4-11(14)2/h3-8,16H,9H2,1-2H3. The quantitative estimate of drug-likeness (QED) is 0.671. The van der Waals surface area contributed by atoms with E-state index in [1.165, 1.54) is 12.1 Å². The molecule has 2 aromatic rings. The van der Waals surface area contributed by atoms with E-state index in [9.17, 15) is 18.5 Å². The molecule has 8 heteroatoms. The first kappa shape index (κ1) is 16.1. The van der Waals surface area contributed by atoms with Crippen molar-refractivity contribution < 1.29 is 13.3 Å². The third-order valence-electron chi connectivity index (χ3n) is 3.09. The number of benzene rings is 1. The van der Waals surface area contributed by atoms with Crippen LogP contribution in [0.15, 0.2) is 41.4 Å². The fourth-order valence-electron chi connectivity index (χ4n) is 1.84. The van der Waals surface area contributed by atoms with E-state index in [1.807, 2.05) is 13.0 Å². The Bertz CT molecular complexity index is 801. The molecule has 1 N–H and O–H groups in total. The Balaban J connectivity index is 2.25. The van der Waals surface area contributed by atoms with E-state index in [1.54, 1.807) is 19.2 Å². The predicted molar refractivity (Wildman–Crippen MR) is 80.8 cm³/mol. The monoisotopic (exact) mass is 321 g/mol. The fourth-order valence-corrected chi connectivity index (χ4v) is 3.10. The van der Waals surface area contributed by atoms with Gasteiger partial charge >= 0.3 is 0 Å². The normalized spacial score (nSPS) is 11.4. The lowest BCUT2D eigenvalue weighted by Crippen LogP contribution is -2.24. The summed E-state index contributed by atoms with van der Waals surface area (Å²) in [6, 6.07) is 7.29. The Morgan fingerprint density at radius 3 is 2.55 bits per heavy atom. The number of nitrogens with one attached hydrogen (secondary N) is 1. The minimum absolute atomic E-state index is 0.0186. The molecule has 0 aliphatic rings. The van der Waals surface area contributed by atoms with Gasteiger partial charge in [-0.15, -0.1) is 0 Å². The minimum atomic E-state index is -3.85. The number of nitrogens with zero attached hydrogens (tertiary/aromatic N) is 2. The molecule has 0 fully saturated rings. The van der Waals surface area contributed by atoms with Crippen molar-refractivity contribution in [2.75, 3.05) is 0 Å². The smallest absolute Gasteiger partial charge is 0.260 e. The molecule has 1 aromatic carbocycles. The van der Waals surface area contributed by atoms with Crippen molar-refractivity contribution in [3.63, 3.8) is 0 Å². The molecule has 0 aliphatic heterocycles. The molecular formula is C14H15N3O4S. The molecule has 22 heavy (non-hydrogen) atoms. The molecule has 0 radical (unpaired) electrons. The summed E-state index contributed by atoms with van der Waals surface area (Å²) >= 11 is 0. The second kappa shape index (κ2) is 6.20. The number of nitro groups is 1. The van der Waals surface area contributed by atoms with E-state index in [4.69, 9.17) is 0 Å². The predicted octanol–water partition coefficient (Wildman–Crippen LogP) is 2.09. The average Bonchev–Trinajstić information content (AvgIpc) is 2.46. The Labute approximate surface area is 128 Å². The number of aromatic nitrogens is 1. The molecule has 0 amide bonds. The van der Waals surface area contributed by atoms with Gasteiger partial charge in [0.2, 0.25) is 10.0 Å². The van der Waals surface area contributed by atoms with Gasteiger partial charge in [0.1, 0.15) is 0 Å². The van der Waals surface area contributed by atoms with Crippen LogP contribution in [0.3, 0.4) is 0 Å². The Hall–Kier alpha value is -2.32. The number of aryl methyl sites for hydroxylation is 2. The fraction of sp³-hybridized carbons (Fsp3) is 0.214. The Morgan fingerprint density at radius 2 is 1.95 bits per heavy atom. The summed E-state index contributed by atoms with van der Waals surface area (Å²) in [6.07, 6.45) is 1.64. The van der Waals surface area contributed by atoms with Gasteiger partial charge in [-0.3, -0.25) is 15.1 Å². The van der Waals surface area contributed by atoms with Crippen molar-refractivity contribution in [2.45, 2.75) is 25.3 Å². The van der Waals surface area contributed by atoms with Gasteiger partial charge < -0.3 is 0 Å². The largest absolute Gasteiger partial charge is 0.270 e. The molecule has 2 rings (SSSR count). The topological polar surface area (TPSA) is 102 Å². The lowest BCUT2D eigenvalue weighted by atomic mass is 10.2. The van der Waals surface area contributed by atoms with Gasteiger partial charge in [0.25, 0.3) is 5.69 Å². The zero-order valence-electron chi connectivity index (χ0n) is 12.1. The molecular weight excluding hydrogens is 306 g/mol. The zero-order chi connectivity index (χ0) is 16.3. The van der Waals surface area contributed by atoms with Crippen molar-refractivity contribution in [1.29, 1.82) is 0 Å². The van der Waals surface area contributed by atoms with E-state index >= 15 is 0 Å². The van der Waals surface area contributed by atoms with Crippen LogP contribution in [0.4, 0.5) is 5.69 Å². The van der Waals surface area contributed by atoms with Crippen molar-refractivity contribution >= 4 is 15.7 Å². The van der Waals surface area contributed by atoms with Crippen molar-refractivity contribution in [3.8, 4) is 0 Å². The third-order valence-corrected chi connectivity index (χ3v) is 4.63. The summed E-state index contributed by atoms with van der Waals surface area (Å²) in [5.74, 6) is 0. The molecule has 116 valence electrons. The molecule has 1 aromatic heterocycles. The van der Waals surface area contributed by atoms with Crippen LogP contribution in [-0.4, -0.2) is 18.3 Å². The van der Waals surface area contributed by atoms with Gasteiger partial charge in [-0.25, -0.2) is 13.1 Å². The van der Waals surface area contributed by atoms with E-state index in [2.05, 4.69) is 9.71 Å². The average molecular weight is 321 g/mol. The summed E-state index contributed by atoms with van der Waals surface area (Å²) in [7, 11) is -3.85. The van der Waals surface area contributed by atoms with Crippen molar-refractivity contribution in [1.82, 2.24) is 9.71 Å². The van der Waals surface area contributed by atoms with Crippen molar-refractivity contribution in [2.24, 2.45) is 0 Å². The molecule has 1 heterocycles. The van der Waals surface area contributed by atoms with E-state index in [-0.39, 0.29) is 17.1 Å². The number of hydrogen-bond donors (Lipinski definition) is 1. The van der Waals surface area contributed by atoms with Gasteiger partial charge in [-0.05, 0) is 31.0 Å². The van der Waals surface area contributed by atoms with E-state index in [0.717, 1.165) is 11.6 Å². The van der Waals surface area contributed by atoms with Crippen LogP contribution >= 0.6 is 0 Å². The first-order valence-electron chi connectivity index (χ1n) is 6.46. The maximum Gasteiger partial charge on any atom is 0.270 e. The van der Waals surface area contributed by atoms with Crippen LogP contribution in [0, 0.1) is 24.0 Å². The lowest BCUT2D eigenvalue weighted by molar-refractivity contribution is -0.385. The Morgan fingerprint density at radius 1 is 1.23 bits per heavy atom. The maximum atomic E-state index is 12.3. The van der Waals surface area contributed by atoms with Crippen LogP contribution in [0.25, 0.3) is 0 Å². The summed E-state index contributed by atoms with van der Waals surface area (Å²) in [5, 5.41) is 10.8. The minimum Gasteiger partial charge on any atom is -0.260 e. The van der Waals surface area contributed by atoms with Gasteiger partial charge in [0.05, 0.1) is 22.1 Å². The highest BCUT2D eigenvalue weighted by molar-refractivity contribution is 7.89. The molecule has 0 spiro atoms. The molecule has 0 saturated heterocycles. The summed E-state index contributed by atoms with van der Waals surface area (Å²) in [6.45, 7) is 3.49.